The molecule has 0 bridgehead atoms. The van der Waals surface area contributed by atoms with Crippen molar-refractivity contribution in [2.75, 3.05) is 27.3 Å². The molecular formula is C18H22N2O3S. The van der Waals surface area contributed by atoms with Crippen LogP contribution in [0.15, 0.2) is 49.6 Å². The largest absolute Gasteiger partial charge is 0.493 e. The minimum atomic E-state index is -0.312. The monoisotopic (exact) mass is 346 g/mol. The van der Waals surface area contributed by atoms with E-state index in [1.54, 1.807) is 49.5 Å². The van der Waals surface area contributed by atoms with Gasteiger partial charge in [-0.1, -0.05) is 18.2 Å². The van der Waals surface area contributed by atoms with Crippen molar-refractivity contribution in [2.45, 2.75) is 0 Å². The van der Waals surface area contributed by atoms with Gasteiger partial charge in [-0.2, -0.15) is 0 Å². The van der Waals surface area contributed by atoms with Crippen molar-refractivity contribution >= 4 is 29.3 Å². The summed E-state index contributed by atoms with van der Waals surface area (Å²) in [6, 6.07) is 5.38. The Bertz CT molecular complexity index is 631. The molecule has 128 valence electrons. The Balaban J connectivity index is 2.73. The number of carbonyl (C=O) groups excluding carboxylic acids is 1. The molecule has 24 heavy (non-hydrogen) atoms. The van der Waals surface area contributed by atoms with Gasteiger partial charge in [0.05, 0.1) is 14.2 Å². The first-order valence-corrected chi connectivity index (χ1v) is 7.68. The average Bonchev–Trinajstić information content (AvgIpc) is 2.59. The van der Waals surface area contributed by atoms with Gasteiger partial charge in [0.2, 0.25) is 5.91 Å². The van der Waals surface area contributed by atoms with Gasteiger partial charge in [0.25, 0.3) is 0 Å². The van der Waals surface area contributed by atoms with E-state index in [9.17, 15) is 4.79 Å². The van der Waals surface area contributed by atoms with Crippen LogP contribution in [0.4, 0.5) is 0 Å². The lowest BCUT2D eigenvalue weighted by atomic mass is 10.2. The van der Waals surface area contributed by atoms with Gasteiger partial charge in [-0.05, 0) is 36.0 Å². The maximum absolute atomic E-state index is 12.0. The number of benzene rings is 1. The summed E-state index contributed by atoms with van der Waals surface area (Å²) in [6.07, 6.45) is 6.50. The first-order chi connectivity index (χ1) is 11.5. The number of methoxy groups -OCH3 is 2. The van der Waals surface area contributed by atoms with E-state index in [0.717, 1.165) is 5.56 Å². The Kier molecular flexibility index (Phi) is 8.29. The molecule has 0 spiro atoms. The van der Waals surface area contributed by atoms with E-state index in [0.29, 0.717) is 29.7 Å². The van der Waals surface area contributed by atoms with Crippen LogP contribution in [0.1, 0.15) is 5.56 Å². The summed E-state index contributed by atoms with van der Waals surface area (Å²) in [5.74, 6) is 0.913. The van der Waals surface area contributed by atoms with Gasteiger partial charge < -0.3 is 14.4 Å². The average molecular weight is 346 g/mol. The lowest BCUT2D eigenvalue weighted by molar-refractivity contribution is -0.115. The maximum Gasteiger partial charge on any atom is 0.250 e. The topological polar surface area (TPSA) is 50.8 Å². The molecule has 0 saturated carbocycles. The molecule has 0 atom stereocenters. The van der Waals surface area contributed by atoms with Crippen molar-refractivity contribution in [1.29, 1.82) is 0 Å². The van der Waals surface area contributed by atoms with E-state index < -0.39 is 0 Å². The number of hydrogen-bond donors (Lipinski definition) is 1. The molecule has 0 unspecified atom stereocenters. The smallest absolute Gasteiger partial charge is 0.250 e. The van der Waals surface area contributed by atoms with E-state index in [4.69, 9.17) is 21.7 Å². The van der Waals surface area contributed by atoms with Crippen LogP contribution in [-0.4, -0.2) is 43.2 Å². The highest BCUT2D eigenvalue weighted by Gasteiger charge is 2.08. The van der Waals surface area contributed by atoms with Crippen molar-refractivity contribution in [3.8, 4) is 11.5 Å². The fourth-order valence-electron chi connectivity index (χ4n) is 1.91. The number of hydrogen-bond acceptors (Lipinski definition) is 4. The van der Waals surface area contributed by atoms with Crippen LogP contribution >= 0.6 is 12.2 Å². The predicted molar refractivity (Wildman–Crippen MR) is 101 cm³/mol. The van der Waals surface area contributed by atoms with Gasteiger partial charge in [0, 0.05) is 19.2 Å². The first kappa shape index (κ1) is 19.4. The fraction of sp³-hybridized carbons (Fsp3) is 0.222. The second kappa shape index (κ2) is 10.2. The summed E-state index contributed by atoms with van der Waals surface area (Å²) in [6.45, 7) is 8.40. The van der Waals surface area contributed by atoms with Crippen molar-refractivity contribution in [1.82, 2.24) is 10.2 Å². The zero-order valence-corrected chi connectivity index (χ0v) is 14.8. The van der Waals surface area contributed by atoms with Crippen molar-refractivity contribution in [3.63, 3.8) is 0 Å². The minimum absolute atomic E-state index is 0.312. The Hall–Kier alpha value is -2.60. The van der Waals surface area contributed by atoms with Crippen LogP contribution in [0, 0.1) is 0 Å². The number of amides is 1. The van der Waals surface area contributed by atoms with Crippen LogP contribution in [0.3, 0.4) is 0 Å². The molecule has 0 heterocycles. The zero-order chi connectivity index (χ0) is 17.9. The number of nitrogens with one attached hydrogen (secondary N) is 1. The lowest BCUT2D eigenvalue weighted by Crippen LogP contribution is -2.42. The third-order valence-corrected chi connectivity index (χ3v) is 3.41. The van der Waals surface area contributed by atoms with Crippen LogP contribution < -0.4 is 14.8 Å². The predicted octanol–water partition coefficient (Wildman–Crippen LogP) is 2.79. The highest BCUT2D eigenvalue weighted by atomic mass is 32.1. The van der Waals surface area contributed by atoms with Crippen LogP contribution in [0.5, 0.6) is 11.5 Å². The summed E-state index contributed by atoms with van der Waals surface area (Å²) in [7, 11) is 3.13. The molecule has 0 aliphatic rings. The molecule has 5 nitrogen and oxygen atoms in total. The number of nitrogens with zero attached hydrogens (tertiary/aromatic N) is 1. The molecule has 1 amide bonds. The van der Waals surface area contributed by atoms with Crippen molar-refractivity contribution in [2.24, 2.45) is 0 Å². The van der Waals surface area contributed by atoms with Crippen LogP contribution in [-0.2, 0) is 4.79 Å². The minimum Gasteiger partial charge on any atom is -0.493 e. The van der Waals surface area contributed by atoms with Gasteiger partial charge in [-0.25, -0.2) is 0 Å². The standard InChI is InChI=1S/C18H22N2O3S/c1-5-11-20(12-6-2)18(24)19-17(21)10-8-14-7-9-15(22-3)16(13-14)23-4/h5-10,13H,1-2,11-12H2,3-4H3,(H,19,21,24)/b10-8-. The summed E-state index contributed by atoms with van der Waals surface area (Å²) in [4.78, 5) is 13.8. The Morgan fingerprint density at radius 1 is 1.21 bits per heavy atom. The normalized spacial score (nSPS) is 10.1. The first-order valence-electron chi connectivity index (χ1n) is 7.27. The SMILES string of the molecule is C=CCN(CC=C)C(=S)NC(=O)/C=C\c1ccc(OC)c(OC)c1. The summed E-state index contributed by atoms with van der Waals surface area (Å²) >= 11 is 5.21. The second-order valence-corrected chi connectivity index (χ2v) is 5.11. The van der Waals surface area contributed by atoms with Gasteiger partial charge in [-0.3, -0.25) is 10.1 Å². The summed E-state index contributed by atoms with van der Waals surface area (Å²) < 4.78 is 10.4. The molecule has 6 heteroatoms. The van der Waals surface area contributed by atoms with E-state index >= 15 is 0 Å². The number of rotatable bonds is 8. The number of carbonyl (C=O) groups is 1. The van der Waals surface area contributed by atoms with E-state index in [2.05, 4.69) is 18.5 Å². The van der Waals surface area contributed by atoms with Gasteiger partial charge in [-0.15, -0.1) is 13.2 Å². The third kappa shape index (κ3) is 5.89. The van der Waals surface area contributed by atoms with E-state index in [1.807, 2.05) is 6.07 Å². The number of thiocarbonyl (C=S) groups is 1. The molecule has 1 aromatic rings. The molecule has 1 aromatic carbocycles. The highest BCUT2D eigenvalue weighted by molar-refractivity contribution is 7.80. The molecule has 0 saturated heterocycles. The molecule has 0 aliphatic carbocycles. The molecule has 0 fully saturated rings. The van der Waals surface area contributed by atoms with Crippen molar-refractivity contribution in [3.05, 3.63) is 55.1 Å². The quantitative estimate of drug-likeness (QED) is 0.446. The summed E-state index contributed by atoms with van der Waals surface area (Å²) in [5.41, 5.74) is 0.808. The van der Waals surface area contributed by atoms with Gasteiger partial charge in [0.15, 0.2) is 16.6 Å². The zero-order valence-electron chi connectivity index (χ0n) is 14.0. The lowest BCUT2D eigenvalue weighted by Gasteiger charge is -2.21. The van der Waals surface area contributed by atoms with Crippen LogP contribution in [0.2, 0.25) is 0 Å². The Morgan fingerprint density at radius 3 is 2.38 bits per heavy atom. The van der Waals surface area contributed by atoms with E-state index in [-0.39, 0.29) is 5.91 Å². The Labute approximate surface area is 148 Å². The molecule has 0 aliphatic heterocycles. The summed E-state index contributed by atoms with van der Waals surface area (Å²) in [5, 5.41) is 2.98. The fourth-order valence-corrected chi connectivity index (χ4v) is 2.16. The van der Waals surface area contributed by atoms with E-state index in [1.165, 1.54) is 6.08 Å². The molecule has 1 N–H and O–H groups in total. The Morgan fingerprint density at radius 2 is 1.83 bits per heavy atom. The number of ether oxygens (including phenoxy) is 2. The molecule has 0 radical (unpaired) electrons. The van der Waals surface area contributed by atoms with Crippen molar-refractivity contribution < 1.29 is 14.3 Å². The third-order valence-electron chi connectivity index (χ3n) is 3.05. The van der Waals surface area contributed by atoms with Gasteiger partial charge >= 0.3 is 0 Å². The maximum atomic E-state index is 12.0. The highest BCUT2D eigenvalue weighted by Crippen LogP contribution is 2.27. The molecule has 0 aromatic heterocycles. The second-order valence-electron chi connectivity index (χ2n) is 4.72. The van der Waals surface area contributed by atoms with Crippen LogP contribution in [0.25, 0.3) is 6.08 Å². The molecule has 1 rings (SSSR count). The molecular weight excluding hydrogens is 324 g/mol. The van der Waals surface area contributed by atoms with Gasteiger partial charge in [0.1, 0.15) is 0 Å².